The molecular weight excluding hydrogens is 403 g/mol. The highest BCUT2D eigenvalue weighted by molar-refractivity contribution is 9.10. The van der Waals surface area contributed by atoms with Gasteiger partial charge in [0.25, 0.3) is 0 Å². The Morgan fingerprint density at radius 1 is 1.27 bits per heavy atom. The average Bonchev–Trinajstić information content (AvgIpc) is 2.56. The van der Waals surface area contributed by atoms with Crippen LogP contribution in [0.2, 0.25) is 0 Å². The lowest BCUT2D eigenvalue weighted by Crippen LogP contribution is -2.43. The quantitative estimate of drug-likeness (QED) is 0.749. The topological polar surface area (TPSA) is 74.3 Å². The number of rotatable bonds is 6. The number of aryl methyl sites for hydroxylation is 1. The molecule has 0 radical (unpaired) electrons. The number of nitrogens with zero attached hydrogens (tertiary/aromatic N) is 2. The number of anilines is 2. The standard InChI is InChI=1S/C18H20BrFN4O2/c1-11-5-4-6-16(21-11)23-17(25)10-24(3)12(2)18(26)22-15-8-7-13(19)9-14(15)20/h4-9,12H,10H2,1-3H3,(H,22,26)(H,21,23,25). The first-order chi connectivity index (χ1) is 12.3. The van der Waals surface area contributed by atoms with Crippen LogP contribution in [0.15, 0.2) is 40.9 Å². The number of benzene rings is 1. The Morgan fingerprint density at radius 2 is 2.00 bits per heavy atom. The average molecular weight is 423 g/mol. The lowest BCUT2D eigenvalue weighted by atomic mass is 10.2. The van der Waals surface area contributed by atoms with Gasteiger partial charge in [-0.15, -0.1) is 0 Å². The molecule has 0 aliphatic heterocycles. The fourth-order valence-electron chi connectivity index (χ4n) is 2.19. The van der Waals surface area contributed by atoms with E-state index in [1.807, 2.05) is 13.0 Å². The van der Waals surface area contributed by atoms with Crippen LogP contribution in [0.4, 0.5) is 15.9 Å². The monoisotopic (exact) mass is 422 g/mol. The summed E-state index contributed by atoms with van der Waals surface area (Å²) in [7, 11) is 1.64. The number of aromatic nitrogens is 1. The van der Waals surface area contributed by atoms with Crippen molar-refractivity contribution in [2.75, 3.05) is 24.2 Å². The summed E-state index contributed by atoms with van der Waals surface area (Å²) in [6.45, 7) is 3.47. The fraction of sp³-hybridized carbons (Fsp3) is 0.278. The van der Waals surface area contributed by atoms with E-state index < -0.39 is 17.8 Å². The molecule has 1 heterocycles. The molecule has 1 aromatic heterocycles. The van der Waals surface area contributed by atoms with Gasteiger partial charge in [-0.3, -0.25) is 14.5 Å². The zero-order chi connectivity index (χ0) is 19.3. The van der Waals surface area contributed by atoms with Crippen molar-refractivity contribution in [1.82, 2.24) is 9.88 Å². The van der Waals surface area contributed by atoms with Gasteiger partial charge in [-0.05, 0) is 51.2 Å². The van der Waals surface area contributed by atoms with Gasteiger partial charge in [-0.2, -0.15) is 0 Å². The van der Waals surface area contributed by atoms with Gasteiger partial charge in [0.05, 0.1) is 18.3 Å². The van der Waals surface area contributed by atoms with Crippen molar-refractivity contribution >= 4 is 39.2 Å². The van der Waals surface area contributed by atoms with E-state index in [4.69, 9.17) is 0 Å². The van der Waals surface area contributed by atoms with Crippen molar-refractivity contribution in [2.45, 2.75) is 19.9 Å². The van der Waals surface area contributed by atoms with Crippen molar-refractivity contribution in [3.05, 3.63) is 52.4 Å². The molecule has 6 nitrogen and oxygen atoms in total. The van der Waals surface area contributed by atoms with Gasteiger partial charge in [0, 0.05) is 10.2 Å². The number of amides is 2. The minimum absolute atomic E-state index is 0.00692. The molecule has 2 amide bonds. The highest BCUT2D eigenvalue weighted by atomic mass is 79.9. The predicted molar refractivity (Wildman–Crippen MR) is 102 cm³/mol. The maximum absolute atomic E-state index is 13.8. The Labute approximate surface area is 159 Å². The molecule has 0 aliphatic rings. The number of hydrogen-bond acceptors (Lipinski definition) is 4. The van der Waals surface area contributed by atoms with E-state index in [0.717, 1.165) is 5.69 Å². The van der Waals surface area contributed by atoms with Crippen LogP contribution in [0.3, 0.4) is 0 Å². The first-order valence-electron chi connectivity index (χ1n) is 7.96. The van der Waals surface area contributed by atoms with Gasteiger partial charge in [0.15, 0.2) is 0 Å². The largest absolute Gasteiger partial charge is 0.322 e. The maximum atomic E-state index is 13.8. The van der Waals surface area contributed by atoms with Crippen LogP contribution in [0.25, 0.3) is 0 Å². The Kier molecular flexibility index (Phi) is 6.82. The summed E-state index contributed by atoms with van der Waals surface area (Å²) < 4.78 is 14.4. The van der Waals surface area contributed by atoms with Gasteiger partial charge >= 0.3 is 0 Å². The molecule has 0 fully saturated rings. The molecule has 0 saturated carbocycles. The van der Waals surface area contributed by atoms with Crippen LogP contribution >= 0.6 is 15.9 Å². The first kappa shape index (κ1) is 20.0. The predicted octanol–water partition coefficient (Wildman–Crippen LogP) is 3.19. The summed E-state index contributed by atoms with van der Waals surface area (Å²) in [4.78, 5) is 30.2. The molecule has 1 unspecified atom stereocenters. The van der Waals surface area contributed by atoms with Crippen molar-refractivity contribution in [2.24, 2.45) is 0 Å². The maximum Gasteiger partial charge on any atom is 0.241 e. The molecule has 138 valence electrons. The molecule has 2 aromatic rings. The van der Waals surface area contributed by atoms with Crippen LogP contribution in [0.1, 0.15) is 12.6 Å². The number of carbonyl (C=O) groups is 2. The smallest absolute Gasteiger partial charge is 0.241 e. The number of nitrogens with one attached hydrogen (secondary N) is 2. The highest BCUT2D eigenvalue weighted by Gasteiger charge is 2.21. The summed E-state index contributed by atoms with van der Waals surface area (Å²) in [6, 6.07) is 9.06. The number of likely N-dealkylation sites (N-methyl/N-ethyl adjacent to an activating group) is 1. The zero-order valence-corrected chi connectivity index (χ0v) is 16.3. The first-order valence-corrected chi connectivity index (χ1v) is 8.75. The van der Waals surface area contributed by atoms with Crippen molar-refractivity contribution in [3.8, 4) is 0 Å². The molecule has 2 rings (SSSR count). The normalized spacial score (nSPS) is 11.9. The minimum atomic E-state index is -0.630. The molecular formula is C18H20BrFN4O2. The molecule has 26 heavy (non-hydrogen) atoms. The van der Waals surface area contributed by atoms with Gasteiger partial charge in [-0.1, -0.05) is 22.0 Å². The van der Waals surface area contributed by atoms with E-state index in [0.29, 0.717) is 10.3 Å². The SMILES string of the molecule is Cc1cccc(NC(=O)CN(C)C(C)C(=O)Nc2ccc(Br)cc2F)n1. The summed E-state index contributed by atoms with van der Waals surface area (Å²) in [6.07, 6.45) is 0. The molecule has 1 atom stereocenters. The third-order valence-electron chi connectivity index (χ3n) is 3.78. The number of halogens is 2. The second kappa shape index (κ2) is 8.86. The summed E-state index contributed by atoms with van der Waals surface area (Å²) in [5, 5.41) is 5.21. The number of pyridine rings is 1. The third-order valence-corrected chi connectivity index (χ3v) is 4.27. The number of hydrogen-bond donors (Lipinski definition) is 2. The molecule has 0 spiro atoms. The van der Waals surface area contributed by atoms with E-state index in [2.05, 4.69) is 31.5 Å². The molecule has 0 saturated heterocycles. The lowest BCUT2D eigenvalue weighted by molar-refractivity contribution is -0.122. The van der Waals surface area contributed by atoms with Crippen molar-refractivity contribution in [3.63, 3.8) is 0 Å². The fourth-order valence-corrected chi connectivity index (χ4v) is 2.52. The zero-order valence-electron chi connectivity index (χ0n) is 14.7. The van der Waals surface area contributed by atoms with E-state index >= 15 is 0 Å². The second-order valence-electron chi connectivity index (χ2n) is 5.92. The van der Waals surface area contributed by atoms with Crippen LogP contribution in [0, 0.1) is 12.7 Å². The van der Waals surface area contributed by atoms with E-state index in [1.165, 1.54) is 12.1 Å². The van der Waals surface area contributed by atoms with Gasteiger partial charge in [0.1, 0.15) is 11.6 Å². The van der Waals surface area contributed by atoms with Gasteiger partial charge < -0.3 is 10.6 Å². The summed E-state index contributed by atoms with van der Waals surface area (Å²) in [5.74, 6) is -0.779. The third kappa shape index (κ3) is 5.60. The van der Waals surface area contributed by atoms with Crippen LogP contribution < -0.4 is 10.6 Å². The number of carbonyl (C=O) groups excluding carboxylic acids is 2. The van der Waals surface area contributed by atoms with Gasteiger partial charge in [0.2, 0.25) is 11.8 Å². The van der Waals surface area contributed by atoms with E-state index in [1.54, 1.807) is 37.1 Å². The van der Waals surface area contributed by atoms with Crippen molar-refractivity contribution in [1.29, 1.82) is 0 Å². The van der Waals surface area contributed by atoms with E-state index in [-0.39, 0.29) is 18.1 Å². The summed E-state index contributed by atoms with van der Waals surface area (Å²) in [5.41, 5.74) is 0.882. The van der Waals surface area contributed by atoms with E-state index in [9.17, 15) is 14.0 Å². The Balaban J connectivity index is 1.92. The molecule has 8 heteroatoms. The second-order valence-corrected chi connectivity index (χ2v) is 6.83. The lowest BCUT2D eigenvalue weighted by Gasteiger charge is -2.23. The Morgan fingerprint density at radius 3 is 2.65 bits per heavy atom. The van der Waals surface area contributed by atoms with Gasteiger partial charge in [-0.25, -0.2) is 9.37 Å². The van der Waals surface area contributed by atoms with Crippen LogP contribution in [-0.2, 0) is 9.59 Å². The highest BCUT2D eigenvalue weighted by Crippen LogP contribution is 2.19. The Hall–Kier alpha value is -2.32. The summed E-state index contributed by atoms with van der Waals surface area (Å²) >= 11 is 3.16. The molecule has 0 bridgehead atoms. The molecule has 1 aromatic carbocycles. The van der Waals surface area contributed by atoms with Crippen LogP contribution in [-0.4, -0.2) is 41.3 Å². The van der Waals surface area contributed by atoms with Crippen molar-refractivity contribution < 1.29 is 14.0 Å². The molecule has 0 aliphatic carbocycles. The Bertz CT molecular complexity index is 816. The molecule has 2 N–H and O–H groups in total. The van der Waals surface area contributed by atoms with Crippen LogP contribution in [0.5, 0.6) is 0 Å². The minimum Gasteiger partial charge on any atom is -0.322 e.